The second-order valence-corrected chi connectivity index (χ2v) is 7.30. The van der Waals surface area contributed by atoms with Crippen molar-refractivity contribution in [1.29, 1.82) is 0 Å². The van der Waals surface area contributed by atoms with Crippen LogP contribution in [0.25, 0.3) is 10.7 Å². The van der Waals surface area contributed by atoms with Crippen LogP contribution in [-0.2, 0) is 0 Å². The molecule has 1 aliphatic rings. The van der Waals surface area contributed by atoms with Gasteiger partial charge in [-0.3, -0.25) is 9.88 Å². The summed E-state index contributed by atoms with van der Waals surface area (Å²) in [5.41, 5.74) is 2.85. The minimum Gasteiger partial charge on any atom is -0.354 e. The minimum atomic E-state index is -0.0314. The predicted octanol–water partition coefficient (Wildman–Crippen LogP) is 3.69. The molecule has 8 heteroatoms. The van der Waals surface area contributed by atoms with Crippen LogP contribution in [0, 0.1) is 0 Å². The number of hydrogen-bond donors (Lipinski definition) is 2. The van der Waals surface area contributed by atoms with Gasteiger partial charge in [0.05, 0.1) is 6.04 Å². The Bertz CT molecular complexity index is 911. The number of anilines is 2. The second-order valence-electron chi connectivity index (χ2n) is 6.32. The summed E-state index contributed by atoms with van der Waals surface area (Å²) in [5, 5.41) is 16.2. The van der Waals surface area contributed by atoms with Gasteiger partial charge in [0.2, 0.25) is 5.13 Å². The average molecular weight is 380 g/mol. The summed E-state index contributed by atoms with van der Waals surface area (Å²) >= 11 is 1.48. The van der Waals surface area contributed by atoms with Gasteiger partial charge in [-0.05, 0) is 43.2 Å². The Kier molecular flexibility index (Phi) is 4.97. The van der Waals surface area contributed by atoms with Crippen molar-refractivity contribution >= 4 is 28.2 Å². The van der Waals surface area contributed by atoms with E-state index in [-0.39, 0.29) is 12.1 Å². The normalized spacial score (nSPS) is 15.3. The SMILES string of the molecule is CC(Nc1nnc(-c2ccccn2)s1)c1ccc(N2CCCNC2=O)cc1. The Morgan fingerprint density at radius 1 is 1.19 bits per heavy atom. The highest BCUT2D eigenvalue weighted by atomic mass is 32.1. The highest BCUT2D eigenvalue weighted by Gasteiger charge is 2.19. The molecule has 1 aromatic carbocycles. The molecule has 1 fully saturated rings. The van der Waals surface area contributed by atoms with Crippen molar-refractivity contribution in [1.82, 2.24) is 20.5 Å². The number of pyridine rings is 1. The number of amides is 2. The van der Waals surface area contributed by atoms with Gasteiger partial charge in [0.25, 0.3) is 0 Å². The average Bonchev–Trinajstić information content (AvgIpc) is 3.18. The van der Waals surface area contributed by atoms with Crippen molar-refractivity contribution in [2.75, 3.05) is 23.3 Å². The summed E-state index contributed by atoms with van der Waals surface area (Å²) in [6, 6.07) is 13.8. The summed E-state index contributed by atoms with van der Waals surface area (Å²) in [4.78, 5) is 18.0. The number of carbonyl (C=O) groups excluding carboxylic acids is 1. The highest BCUT2D eigenvalue weighted by molar-refractivity contribution is 7.18. The Hall–Kier alpha value is -3.00. The van der Waals surface area contributed by atoms with Crippen molar-refractivity contribution < 1.29 is 4.79 Å². The summed E-state index contributed by atoms with van der Waals surface area (Å²) in [7, 11) is 0. The Morgan fingerprint density at radius 2 is 2.04 bits per heavy atom. The first-order chi connectivity index (χ1) is 13.2. The topological polar surface area (TPSA) is 83.0 Å². The maximum absolute atomic E-state index is 12.0. The van der Waals surface area contributed by atoms with Gasteiger partial charge in [-0.1, -0.05) is 29.5 Å². The molecule has 3 heterocycles. The first-order valence-electron chi connectivity index (χ1n) is 8.87. The fourth-order valence-electron chi connectivity index (χ4n) is 2.96. The molecule has 1 aliphatic heterocycles. The van der Waals surface area contributed by atoms with E-state index in [0.29, 0.717) is 0 Å². The predicted molar refractivity (Wildman–Crippen MR) is 107 cm³/mol. The van der Waals surface area contributed by atoms with Crippen molar-refractivity contribution in [3.8, 4) is 10.7 Å². The number of rotatable bonds is 5. The van der Waals surface area contributed by atoms with E-state index < -0.39 is 0 Å². The minimum absolute atomic E-state index is 0.0314. The number of nitrogens with one attached hydrogen (secondary N) is 2. The number of urea groups is 1. The zero-order chi connectivity index (χ0) is 18.6. The lowest BCUT2D eigenvalue weighted by molar-refractivity contribution is 0.243. The van der Waals surface area contributed by atoms with E-state index in [9.17, 15) is 4.79 Å². The van der Waals surface area contributed by atoms with Gasteiger partial charge < -0.3 is 10.6 Å². The molecule has 3 aromatic rings. The molecule has 27 heavy (non-hydrogen) atoms. The van der Waals surface area contributed by atoms with Gasteiger partial charge in [-0.25, -0.2) is 4.79 Å². The fourth-order valence-corrected chi connectivity index (χ4v) is 3.77. The Balaban J connectivity index is 1.43. The molecule has 0 aliphatic carbocycles. The van der Waals surface area contributed by atoms with Crippen LogP contribution in [0.15, 0.2) is 48.7 Å². The van der Waals surface area contributed by atoms with Crippen LogP contribution in [0.4, 0.5) is 15.6 Å². The number of aromatic nitrogens is 3. The molecule has 0 bridgehead atoms. The molecule has 1 unspecified atom stereocenters. The lowest BCUT2D eigenvalue weighted by Gasteiger charge is -2.27. The van der Waals surface area contributed by atoms with Crippen molar-refractivity contribution in [2.24, 2.45) is 0 Å². The van der Waals surface area contributed by atoms with Gasteiger partial charge in [-0.2, -0.15) is 0 Å². The van der Waals surface area contributed by atoms with Crippen LogP contribution >= 0.6 is 11.3 Å². The zero-order valence-electron chi connectivity index (χ0n) is 14.9. The van der Waals surface area contributed by atoms with Crippen LogP contribution in [0.3, 0.4) is 0 Å². The summed E-state index contributed by atoms with van der Waals surface area (Å²) in [5.74, 6) is 0. The van der Waals surface area contributed by atoms with Crippen LogP contribution < -0.4 is 15.5 Å². The smallest absolute Gasteiger partial charge is 0.321 e. The molecule has 1 atom stereocenters. The molecule has 0 spiro atoms. The maximum atomic E-state index is 12.0. The molecule has 2 N–H and O–H groups in total. The fraction of sp³-hybridized carbons (Fsp3) is 0.263. The van der Waals surface area contributed by atoms with E-state index in [1.54, 1.807) is 11.1 Å². The van der Waals surface area contributed by atoms with Gasteiger partial charge in [0.1, 0.15) is 5.69 Å². The molecule has 0 saturated carbocycles. The maximum Gasteiger partial charge on any atom is 0.321 e. The van der Waals surface area contributed by atoms with E-state index in [4.69, 9.17) is 0 Å². The second kappa shape index (κ2) is 7.71. The standard InChI is InChI=1S/C19H20N6OS/c1-13(22-18-24-23-17(27-18)16-5-2-3-10-20-16)14-6-8-15(9-7-14)25-12-4-11-21-19(25)26/h2-3,5-10,13H,4,11-12H2,1H3,(H,21,26)(H,22,24). The van der Waals surface area contributed by atoms with Crippen molar-refractivity contribution in [3.05, 3.63) is 54.2 Å². The van der Waals surface area contributed by atoms with Crippen LogP contribution in [0.1, 0.15) is 24.9 Å². The number of carbonyl (C=O) groups is 1. The van der Waals surface area contributed by atoms with E-state index in [1.165, 1.54) is 11.3 Å². The van der Waals surface area contributed by atoms with Crippen LogP contribution in [0.5, 0.6) is 0 Å². The third kappa shape index (κ3) is 3.90. The van der Waals surface area contributed by atoms with Crippen molar-refractivity contribution in [2.45, 2.75) is 19.4 Å². The molecule has 1 saturated heterocycles. The van der Waals surface area contributed by atoms with E-state index in [1.807, 2.05) is 42.5 Å². The number of hydrogen-bond acceptors (Lipinski definition) is 6. The molecule has 0 radical (unpaired) electrons. The first-order valence-corrected chi connectivity index (χ1v) is 9.69. The highest BCUT2D eigenvalue weighted by Crippen LogP contribution is 2.28. The van der Waals surface area contributed by atoms with Gasteiger partial charge in [0, 0.05) is 25.0 Å². The zero-order valence-corrected chi connectivity index (χ0v) is 15.7. The summed E-state index contributed by atoms with van der Waals surface area (Å²) in [6.07, 6.45) is 2.71. The molecule has 4 rings (SSSR count). The Labute approximate surface area is 161 Å². The quantitative estimate of drug-likeness (QED) is 0.705. The summed E-state index contributed by atoms with van der Waals surface area (Å²) < 4.78 is 0. The number of benzene rings is 1. The van der Waals surface area contributed by atoms with Gasteiger partial charge in [-0.15, -0.1) is 10.2 Å². The van der Waals surface area contributed by atoms with E-state index >= 15 is 0 Å². The molecule has 2 aromatic heterocycles. The lowest BCUT2D eigenvalue weighted by Crippen LogP contribution is -2.46. The first kappa shape index (κ1) is 17.4. The molecule has 2 amide bonds. The van der Waals surface area contributed by atoms with Crippen LogP contribution in [-0.4, -0.2) is 34.3 Å². The molecule has 138 valence electrons. The monoisotopic (exact) mass is 380 g/mol. The Morgan fingerprint density at radius 3 is 2.78 bits per heavy atom. The third-order valence-electron chi connectivity index (χ3n) is 4.43. The third-order valence-corrected chi connectivity index (χ3v) is 5.31. The lowest BCUT2D eigenvalue weighted by atomic mass is 10.1. The largest absolute Gasteiger partial charge is 0.354 e. The number of nitrogens with zero attached hydrogens (tertiary/aromatic N) is 4. The molecular formula is C19H20N6OS. The molecular weight excluding hydrogens is 360 g/mol. The molecule has 7 nitrogen and oxygen atoms in total. The van der Waals surface area contributed by atoms with Gasteiger partial charge >= 0.3 is 6.03 Å². The van der Waals surface area contributed by atoms with Gasteiger partial charge in [0.15, 0.2) is 5.01 Å². The van der Waals surface area contributed by atoms with Crippen molar-refractivity contribution in [3.63, 3.8) is 0 Å². The summed E-state index contributed by atoms with van der Waals surface area (Å²) in [6.45, 7) is 3.57. The van der Waals surface area contributed by atoms with E-state index in [0.717, 1.165) is 46.6 Å². The van der Waals surface area contributed by atoms with Crippen LogP contribution in [0.2, 0.25) is 0 Å². The van der Waals surface area contributed by atoms with E-state index in [2.05, 4.69) is 32.7 Å².